The standard InChI is InChI=1S/C7H10O2/c1-5(2)6(3)9-7(4)8/h1,3H2,2,4H3. The molecule has 0 radical (unpaired) electrons. The fraction of sp³-hybridized carbons (Fsp3) is 0.286. The van der Waals surface area contributed by atoms with Gasteiger partial charge in [-0.05, 0) is 12.5 Å². The van der Waals surface area contributed by atoms with Crippen molar-refractivity contribution >= 4 is 5.97 Å². The molecule has 0 unspecified atom stereocenters. The van der Waals surface area contributed by atoms with E-state index in [0.717, 1.165) is 0 Å². The summed E-state index contributed by atoms with van der Waals surface area (Å²) in [6, 6.07) is 0. The van der Waals surface area contributed by atoms with Crippen molar-refractivity contribution in [2.75, 3.05) is 0 Å². The van der Waals surface area contributed by atoms with Gasteiger partial charge in [0, 0.05) is 6.92 Å². The molecule has 0 heterocycles. The smallest absolute Gasteiger partial charge is 0.308 e. The number of carbonyl (C=O) groups is 1. The molecule has 0 aliphatic rings. The summed E-state index contributed by atoms with van der Waals surface area (Å²) in [4.78, 5) is 10.2. The minimum absolute atomic E-state index is 0.336. The van der Waals surface area contributed by atoms with Crippen LogP contribution in [0.1, 0.15) is 13.8 Å². The van der Waals surface area contributed by atoms with Gasteiger partial charge in [0.05, 0.1) is 0 Å². The first-order valence-electron chi connectivity index (χ1n) is 2.57. The molecule has 2 nitrogen and oxygen atoms in total. The first-order valence-corrected chi connectivity index (χ1v) is 2.57. The van der Waals surface area contributed by atoms with Gasteiger partial charge in [0.15, 0.2) is 0 Å². The highest BCUT2D eigenvalue weighted by atomic mass is 16.5. The predicted octanol–water partition coefficient (Wildman–Crippen LogP) is 1.64. The Morgan fingerprint density at radius 3 is 1.89 bits per heavy atom. The Morgan fingerprint density at radius 2 is 1.78 bits per heavy atom. The Balaban J connectivity index is 3.79. The second-order valence-electron chi connectivity index (χ2n) is 1.80. The maximum atomic E-state index is 10.2. The number of ether oxygens (including phenoxy) is 1. The van der Waals surface area contributed by atoms with Gasteiger partial charge in [-0.3, -0.25) is 4.79 Å². The summed E-state index contributed by atoms with van der Waals surface area (Å²) in [6.07, 6.45) is 0. The summed E-state index contributed by atoms with van der Waals surface area (Å²) >= 11 is 0. The number of rotatable bonds is 2. The van der Waals surface area contributed by atoms with Crippen LogP contribution in [0.4, 0.5) is 0 Å². The third-order valence-corrected chi connectivity index (χ3v) is 0.743. The van der Waals surface area contributed by atoms with E-state index in [-0.39, 0.29) is 5.97 Å². The van der Waals surface area contributed by atoms with Crippen molar-refractivity contribution < 1.29 is 9.53 Å². The van der Waals surface area contributed by atoms with E-state index < -0.39 is 0 Å². The van der Waals surface area contributed by atoms with E-state index in [0.29, 0.717) is 11.3 Å². The molecule has 0 fully saturated rings. The monoisotopic (exact) mass is 126 g/mol. The van der Waals surface area contributed by atoms with Crippen LogP contribution < -0.4 is 0 Å². The van der Waals surface area contributed by atoms with Crippen LogP contribution in [0.5, 0.6) is 0 Å². The lowest BCUT2D eigenvalue weighted by Gasteiger charge is -2.01. The molecule has 0 atom stereocenters. The second kappa shape index (κ2) is 3.07. The van der Waals surface area contributed by atoms with Gasteiger partial charge in [-0.25, -0.2) is 0 Å². The number of allylic oxidation sites excluding steroid dienone is 1. The fourth-order valence-electron chi connectivity index (χ4n) is 0.261. The van der Waals surface area contributed by atoms with E-state index in [4.69, 9.17) is 0 Å². The average Bonchev–Trinajstić information content (AvgIpc) is 1.63. The van der Waals surface area contributed by atoms with E-state index in [1.54, 1.807) is 6.92 Å². The topological polar surface area (TPSA) is 26.3 Å². The zero-order chi connectivity index (χ0) is 7.44. The van der Waals surface area contributed by atoms with E-state index in [2.05, 4.69) is 17.9 Å². The second-order valence-corrected chi connectivity index (χ2v) is 1.80. The zero-order valence-corrected chi connectivity index (χ0v) is 5.73. The van der Waals surface area contributed by atoms with Gasteiger partial charge in [0.1, 0.15) is 5.76 Å². The molecule has 0 bridgehead atoms. The number of hydrogen-bond acceptors (Lipinski definition) is 2. The zero-order valence-electron chi connectivity index (χ0n) is 5.73. The van der Waals surface area contributed by atoms with E-state index in [1.807, 2.05) is 0 Å². The molecule has 50 valence electrons. The number of carbonyl (C=O) groups excluding carboxylic acids is 1. The third-order valence-electron chi connectivity index (χ3n) is 0.743. The van der Waals surface area contributed by atoms with Crippen LogP contribution in [0.3, 0.4) is 0 Å². The van der Waals surface area contributed by atoms with Crippen molar-refractivity contribution in [3.8, 4) is 0 Å². The molecule has 0 aromatic rings. The molecule has 0 rings (SSSR count). The molecule has 0 spiro atoms. The van der Waals surface area contributed by atoms with Crippen LogP contribution in [-0.4, -0.2) is 5.97 Å². The van der Waals surface area contributed by atoms with Gasteiger partial charge >= 0.3 is 5.97 Å². The fourth-order valence-corrected chi connectivity index (χ4v) is 0.261. The summed E-state index contributed by atoms with van der Waals surface area (Å²) in [5, 5.41) is 0. The first-order chi connectivity index (χ1) is 4.04. The molecular formula is C7H10O2. The molecule has 0 aromatic carbocycles. The minimum Gasteiger partial charge on any atom is -0.427 e. The molecule has 0 aliphatic carbocycles. The van der Waals surface area contributed by atoms with E-state index >= 15 is 0 Å². The van der Waals surface area contributed by atoms with Gasteiger partial charge in [-0.1, -0.05) is 13.2 Å². The predicted molar refractivity (Wildman–Crippen MR) is 35.7 cm³/mol. The van der Waals surface area contributed by atoms with Crippen molar-refractivity contribution in [1.82, 2.24) is 0 Å². The van der Waals surface area contributed by atoms with Crippen molar-refractivity contribution in [2.45, 2.75) is 13.8 Å². The Hall–Kier alpha value is -1.05. The lowest BCUT2D eigenvalue weighted by Crippen LogP contribution is -1.97. The Morgan fingerprint density at radius 1 is 1.33 bits per heavy atom. The highest BCUT2D eigenvalue weighted by Gasteiger charge is 1.97. The minimum atomic E-state index is -0.358. The van der Waals surface area contributed by atoms with Gasteiger partial charge in [0.25, 0.3) is 0 Å². The third kappa shape index (κ3) is 3.53. The number of esters is 1. The largest absolute Gasteiger partial charge is 0.427 e. The van der Waals surface area contributed by atoms with Crippen LogP contribution >= 0.6 is 0 Å². The van der Waals surface area contributed by atoms with Crippen LogP contribution in [0.15, 0.2) is 24.5 Å². The van der Waals surface area contributed by atoms with Gasteiger partial charge in [-0.2, -0.15) is 0 Å². The van der Waals surface area contributed by atoms with E-state index in [9.17, 15) is 4.79 Å². The molecule has 0 amide bonds. The molecule has 0 saturated carbocycles. The van der Waals surface area contributed by atoms with E-state index in [1.165, 1.54) is 6.92 Å². The van der Waals surface area contributed by atoms with Crippen LogP contribution in [-0.2, 0) is 9.53 Å². The quantitative estimate of drug-likeness (QED) is 0.319. The van der Waals surface area contributed by atoms with Crippen LogP contribution in [0, 0.1) is 0 Å². The summed E-state index contributed by atoms with van der Waals surface area (Å²) in [5.74, 6) is -0.0227. The maximum Gasteiger partial charge on any atom is 0.308 e. The molecule has 9 heavy (non-hydrogen) atoms. The molecule has 0 saturated heterocycles. The average molecular weight is 126 g/mol. The number of hydrogen-bond donors (Lipinski definition) is 0. The molecule has 0 aromatic heterocycles. The highest BCUT2D eigenvalue weighted by Crippen LogP contribution is 2.04. The first kappa shape index (κ1) is 7.95. The Labute approximate surface area is 54.8 Å². The maximum absolute atomic E-state index is 10.2. The van der Waals surface area contributed by atoms with Crippen LogP contribution in [0.25, 0.3) is 0 Å². The highest BCUT2D eigenvalue weighted by molar-refractivity contribution is 5.67. The van der Waals surface area contributed by atoms with Crippen molar-refractivity contribution in [1.29, 1.82) is 0 Å². The molecule has 0 aliphatic heterocycles. The van der Waals surface area contributed by atoms with Crippen molar-refractivity contribution in [3.63, 3.8) is 0 Å². The SMILES string of the molecule is C=C(C)C(=C)OC(C)=O. The van der Waals surface area contributed by atoms with Crippen molar-refractivity contribution in [3.05, 3.63) is 24.5 Å². The lowest BCUT2D eigenvalue weighted by molar-refractivity contribution is -0.136. The summed E-state index contributed by atoms with van der Waals surface area (Å²) in [6.45, 7) is 10.0. The Kier molecular flexibility index (Phi) is 2.71. The van der Waals surface area contributed by atoms with Crippen molar-refractivity contribution in [2.24, 2.45) is 0 Å². The Bertz CT molecular complexity index is 156. The van der Waals surface area contributed by atoms with Gasteiger partial charge in [-0.15, -0.1) is 0 Å². The molecular weight excluding hydrogens is 116 g/mol. The van der Waals surface area contributed by atoms with Crippen LogP contribution in [0.2, 0.25) is 0 Å². The normalized spacial score (nSPS) is 8.22. The lowest BCUT2D eigenvalue weighted by atomic mass is 10.3. The molecule has 0 N–H and O–H groups in total. The summed E-state index contributed by atoms with van der Waals surface area (Å²) in [5.41, 5.74) is 0.671. The van der Waals surface area contributed by atoms with Gasteiger partial charge < -0.3 is 4.74 Å². The van der Waals surface area contributed by atoms with Gasteiger partial charge in [0.2, 0.25) is 0 Å². The molecule has 2 heteroatoms. The summed E-state index contributed by atoms with van der Waals surface area (Å²) in [7, 11) is 0. The summed E-state index contributed by atoms with van der Waals surface area (Å²) < 4.78 is 4.58.